The summed E-state index contributed by atoms with van der Waals surface area (Å²) in [6, 6.07) is 16.3. The zero-order valence-electron chi connectivity index (χ0n) is 21.4. The Morgan fingerprint density at radius 1 is 1.08 bits per heavy atom. The second kappa shape index (κ2) is 11.7. The van der Waals surface area contributed by atoms with E-state index in [-0.39, 0.29) is 17.9 Å². The van der Waals surface area contributed by atoms with Crippen molar-refractivity contribution < 1.29 is 14.3 Å². The van der Waals surface area contributed by atoms with E-state index in [1.54, 1.807) is 0 Å². The van der Waals surface area contributed by atoms with Crippen LogP contribution >= 0.6 is 23.1 Å². The third-order valence-corrected chi connectivity index (χ3v) is 8.56. The summed E-state index contributed by atoms with van der Waals surface area (Å²) in [6.45, 7) is 6.75. The van der Waals surface area contributed by atoms with E-state index in [1.807, 2.05) is 51.2 Å². The largest absolute Gasteiger partial charge is 0.486 e. The molecule has 0 unspecified atom stereocenters. The van der Waals surface area contributed by atoms with Crippen LogP contribution in [0, 0.1) is 5.92 Å². The standard InChI is InChI=1S/C29H33N3O3S2/c1-20(2)16-27(33)32-11-10-21-8-9-23(17-24(21)28(32)22-6-4-3-5-7-22)35-18-26-30-25(19-37-26)29(34)31-12-14-36-15-13-31/h3-9,17,19-20,28H,10-16,18H2,1-2H3/t28-/m0/s1. The van der Waals surface area contributed by atoms with Crippen LogP contribution in [0.3, 0.4) is 0 Å². The molecule has 3 aromatic rings. The van der Waals surface area contributed by atoms with Crippen molar-refractivity contribution in [2.75, 3.05) is 31.1 Å². The fourth-order valence-corrected chi connectivity index (χ4v) is 6.54. The van der Waals surface area contributed by atoms with E-state index in [2.05, 4.69) is 43.1 Å². The van der Waals surface area contributed by atoms with Gasteiger partial charge in [-0.25, -0.2) is 4.98 Å². The molecule has 0 saturated carbocycles. The van der Waals surface area contributed by atoms with Gasteiger partial charge in [0.25, 0.3) is 5.91 Å². The molecule has 0 N–H and O–H groups in total. The number of thioether (sulfide) groups is 1. The van der Waals surface area contributed by atoms with E-state index < -0.39 is 0 Å². The number of ether oxygens (including phenoxy) is 1. The van der Waals surface area contributed by atoms with Gasteiger partial charge in [-0.05, 0) is 41.2 Å². The van der Waals surface area contributed by atoms with Crippen LogP contribution < -0.4 is 4.74 Å². The Balaban J connectivity index is 1.34. The van der Waals surface area contributed by atoms with Crippen LogP contribution in [0.25, 0.3) is 0 Å². The Labute approximate surface area is 227 Å². The molecule has 2 aromatic carbocycles. The van der Waals surface area contributed by atoms with Gasteiger partial charge in [-0.1, -0.05) is 50.2 Å². The number of nitrogens with zero attached hydrogens (tertiary/aromatic N) is 3. The van der Waals surface area contributed by atoms with Gasteiger partial charge >= 0.3 is 0 Å². The summed E-state index contributed by atoms with van der Waals surface area (Å²) in [4.78, 5) is 34.5. The maximum absolute atomic E-state index is 13.2. The molecule has 8 heteroatoms. The smallest absolute Gasteiger partial charge is 0.273 e. The fraction of sp³-hybridized carbons (Fsp3) is 0.414. The number of carbonyl (C=O) groups is 2. The van der Waals surface area contributed by atoms with Crippen LogP contribution in [0.15, 0.2) is 53.9 Å². The lowest BCUT2D eigenvalue weighted by molar-refractivity contribution is -0.134. The molecule has 194 valence electrons. The number of thiazole rings is 1. The number of rotatable bonds is 7. The van der Waals surface area contributed by atoms with Gasteiger partial charge in [-0.15, -0.1) is 11.3 Å². The third-order valence-electron chi connectivity index (χ3n) is 6.80. The van der Waals surface area contributed by atoms with Gasteiger partial charge < -0.3 is 14.5 Å². The minimum absolute atomic E-state index is 0.00781. The molecule has 0 spiro atoms. The Morgan fingerprint density at radius 3 is 2.62 bits per heavy atom. The Bertz CT molecular complexity index is 1240. The molecule has 6 nitrogen and oxygen atoms in total. The van der Waals surface area contributed by atoms with Crippen LogP contribution in [0.2, 0.25) is 0 Å². The van der Waals surface area contributed by atoms with Gasteiger partial charge in [0.2, 0.25) is 5.91 Å². The average molecular weight is 536 g/mol. The Hall–Kier alpha value is -2.84. The van der Waals surface area contributed by atoms with Crippen LogP contribution in [0.1, 0.15) is 58.5 Å². The second-order valence-electron chi connectivity index (χ2n) is 9.93. The molecule has 2 amide bonds. The number of hydrogen-bond acceptors (Lipinski definition) is 6. The van der Waals surface area contributed by atoms with Gasteiger partial charge in [0.15, 0.2) is 0 Å². The predicted molar refractivity (Wildman–Crippen MR) is 149 cm³/mol. The summed E-state index contributed by atoms with van der Waals surface area (Å²) in [6.07, 6.45) is 1.37. The monoisotopic (exact) mass is 535 g/mol. The van der Waals surface area contributed by atoms with Crippen molar-refractivity contribution in [3.63, 3.8) is 0 Å². The summed E-state index contributed by atoms with van der Waals surface area (Å²) < 4.78 is 6.16. The number of aromatic nitrogens is 1. The molecule has 1 atom stereocenters. The quantitative estimate of drug-likeness (QED) is 0.404. The first-order valence-corrected chi connectivity index (χ1v) is 14.9. The number of amides is 2. The SMILES string of the molecule is CC(C)CC(=O)N1CCc2ccc(OCc3nc(C(=O)N4CCSCC4)cs3)cc2[C@@H]1c1ccccc1. The molecule has 37 heavy (non-hydrogen) atoms. The molecule has 1 aromatic heterocycles. The van der Waals surface area contributed by atoms with E-state index >= 15 is 0 Å². The first-order valence-electron chi connectivity index (χ1n) is 12.9. The second-order valence-corrected chi connectivity index (χ2v) is 12.1. The minimum atomic E-state index is -0.133. The first-order chi connectivity index (χ1) is 18.0. The van der Waals surface area contributed by atoms with Crippen molar-refractivity contribution in [1.29, 1.82) is 0 Å². The van der Waals surface area contributed by atoms with Gasteiger partial charge in [0, 0.05) is 42.9 Å². The summed E-state index contributed by atoms with van der Waals surface area (Å²) in [7, 11) is 0. The van der Waals surface area contributed by atoms with E-state index in [0.29, 0.717) is 31.2 Å². The van der Waals surface area contributed by atoms with Crippen molar-refractivity contribution in [3.8, 4) is 5.75 Å². The molecule has 0 aliphatic carbocycles. The Morgan fingerprint density at radius 2 is 1.86 bits per heavy atom. The molecule has 2 aliphatic heterocycles. The molecular formula is C29H33N3O3S2. The molecule has 2 aliphatic rings. The molecular weight excluding hydrogens is 502 g/mol. The summed E-state index contributed by atoms with van der Waals surface area (Å²) >= 11 is 3.34. The molecule has 3 heterocycles. The van der Waals surface area contributed by atoms with Gasteiger partial charge in [0.05, 0.1) is 6.04 Å². The number of hydrogen-bond donors (Lipinski definition) is 0. The fourth-order valence-electron chi connectivity index (χ4n) is 4.96. The van der Waals surface area contributed by atoms with E-state index in [9.17, 15) is 9.59 Å². The van der Waals surface area contributed by atoms with Gasteiger partial charge in [-0.3, -0.25) is 9.59 Å². The lowest BCUT2D eigenvalue weighted by Crippen LogP contribution is -2.41. The van der Waals surface area contributed by atoms with Crippen molar-refractivity contribution in [2.24, 2.45) is 5.92 Å². The molecule has 5 rings (SSSR count). The molecule has 0 radical (unpaired) electrons. The van der Waals surface area contributed by atoms with E-state index in [1.165, 1.54) is 16.9 Å². The van der Waals surface area contributed by atoms with E-state index in [0.717, 1.165) is 52.9 Å². The first kappa shape index (κ1) is 25.8. The van der Waals surface area contributed by atoms with Crippen LogP contribution in [0.4, 0.5) is 0 Å². The van der Waals surface area contributed by atoms with E-state index in [4.69, 9.17) is 4.74 Å². The van der Waals surface area contributed by atoms with Crippen LogP contribution in [0.5, 0.6) is 5.75 Å². The summed E-state index contributed by atoms with van der Waals surface area (Å²) in [5.41, 5.74) is 3.97. The molecule has 1 saturated heterocycles. The number of fused-ring (bicyclic) bond motifs is 1. The van der Waals surface area contributed by atoms with Crippen molar-refractivity contribution in [3.05, 3.63) is 81.3 Å². The summed E-state index contributed by atoms with van der Waals surface area (Å²) in [5.74, 6) is 3.21. The highest BCUT2D eigenvalue weighted by Gasteiger charge is 2.32. The lowest BCUT2D eigenvalue weighted by Gasteiger charge is -2.38. The average Bonchev–Trinajstić information content (AvgIpc) is 3.40. The number of benzene rings is 2. The molecule has 1 fully saturated rings. The minimum Gasteiger partial charge on any atom is -0.486 e. The van der Waals surface area contributed by atoms with Crippen molar-refractivity contribution >= 4 is 34.9 Å². The zero-order valence-corrected chi connectivity index (χ0v) is 23.0. The highest BCUT2D eigenvalue weighted by atomic mass is 32.2. The third kappa shape index (κ3) is 6.02. The molecule has 0 bridgehead atoms. The predicted octanol–water partition coefficient (Wildman–Crippen LogP) is 5.43. The van der Waals surface area contributed by atoms with Crippen molar-refractivity contribution in [1.82, 2.24) is 14.8 Å². The Kier molecular flexibility index (Phi) is 8.15. The highest BCUT2D eigenvalue weighted by molar-refractivity contribution is 7.99. The van der Waals surface area contributed by atoms with Crippen LogP contribution in [-0.2, 0) is 17.8 Å². The van der Waals surface area contributed by atoms with Gasteiger partial charge in [-0.2, -0.15) is 11.8 Å². The normalized spacial score (nSPS) is 17.5. The highest BCUT2D eigenvalue weighted by Crippen LogP contribution is 2.38. The zero-order chi connectivity index (χ0) is 25.8. The van der Waals surface area contributed by atoms with Crippen LogP contribution in [-0.4, -0.2) is 57.7 Å². The summed E-state index contributed by atoms with van der Waals surface area (Å²) in [5, 5.41) is 2.61. The number of carbonyl (C=O) groups excluding carboxylic acids is 2. The maximum atomic E-state index is 13.2. The van der Waals surface area contributed by atoms with Gasteiger partial charge in [0.1, 0.15) is 23.1 Å². The topological polar surface area (TPSA) is 62.7 Å². The maximum Gasteiger partial charge on any atom is 0.273 e. The lowest BCUT2D eigenvalue weighted by atomic mass is 9.87. The van der Waals surface area contributed by atoms with Crippen molar-refractivity contribution in [2.45, 2.75) is 39.3 Å².